The summed E-state index contributed by atoms with van der Waals surface area (Å²) in [5.41, 5.74) is 0. The largest absolute Gasteiger partial charge is 0.375 e. The number of morpholine rings is 1. The molecule has 1 aliphatic carbocycles. The van der Waals surface area contributed by atoms with Crippen LogP contribution in [0.4, 0.5) is 0 Å². The Morgan fingerprint density at radius 1 is 1.24 bits per heavy atom. The van der Waals surface area contributed by atoms with Crippen LogP contribution in [-0.2, 0) is 14.2 Å². The molecule has 0 bridgehead atoms. The average molecular weight is 241 g/mol. The molecule has 1 saturated carbocycles. The zero-order valence-corrected chi connectivity index (χ0v) is 10.7. The Morgan fingerprint density at radius 3 is 2.82 bits per heavy atom. The minimum Gasteiger partial charge on any atom is -0.375 e. The summed E-state index contributed by atoms with van der Waals surface area (Å²) in [5, 5.41) is 0. The second-order valence-electron chi connectivity index (χ2n) is 5.36. The van der Waals surface area contributed by atoms with Gasteiger partial charge in [-0.25, -0.2) is 0 Å². The van der Waals surface area contributed by atoms with Crippen LogP contribution in [0, 0.1) is 0 Å². The fourth-order valence-corrected chi connectivity index (χ4v) is 3.48. The Morgan fingerprint density at radius 2 is 2.06 bits per heavy atom. The SMILES string of the molecule is CCCN1CCO[C@H]2CCC3(C[C@@H]21)OCCO3. The van der Waals surface area contributed by atoms with Crippen molar-refractivity contribution in [3.05, 3.63) is 0 Å². The van der Waals surface area contributed by atoms with Crippen molar-refractivity contribution in [1.29, 1.82) is 0 Å². The maximum absolute atomic E-state index is 5.91. The summed E-state index contributed by atoms with van der Waals surface area (Å²) in [6.07, 6.45) is 4.66. The summed E-state index contributed by atoms with van der Waals surface area (Å²) in [6, 6.07) is 0.496. The molecule has 17 heavy (non-hydrogen) atoms. The monoisotopic (exact) mass is 241 g/mol. The van der Waals surface area contributed by atoms with E-state index in [2.05, 4.69) is 11.8 Å². The Balaban J connectivity index is 1.71. The molecular weight excluding hydrogens is 218 g/mol. The van der Waals surface area contributed by atoms with Gasteiger partial charge in [0.2, 0.25) is 0 Å². The third-order valence-electron chi connectivity index (χ3n) is 4.26. The van der Waals surface area contributed by atoms with E-state index < -0.39 is 0 Å². The molecule has 2 saturated heterocycles. The number of hydrogen-bond acceptors (Lipinski definition) is 4. The lowest BCUT2D eigenvalue weighted by atomic mass is 9.85. The molecule has 2 atom stereocenters. The molecule has 2 aliphatic heterocycles. The van der Waals surface area contributed by atoms with E-state index >= 15 is 0 Å². The molecule has 0 aromatic heterocycles. The lowest BCUT2D eigenvalue weighted by Gasteiger charge is -2.48. The van der Waals surface area contributed by atoms with Gasteiger partial charge in [0.25, 0.3) is 0 Å². The van der Waals surface area contributed by atoms with Gasteiger partial charge >= 0.3 is 0 Å². The highest BCUT2D eigenvalue weighted by Crippen LogP contribution is 2.39. The van der Waals surface area contributed by atoms with Crippen LogP contribution in [0.15, 0.2) is 0 Å². The Labute approximate surface area is 103 Å². The normalized spacial score (nSPS) is 37.2. The van der Waals surface area contributed by atoms with E-state index in [4.69, 9.17) is 14.2 Å². The van der Waals surface area contributed by atoms with Gasteiger partial charge in [-0.05, 0) is 19.4 Å². The van der Waals surface area contributed by atoms with Gasteiger partial charge in [0, 0.05) is 25.4 Å². The lowest BCUT2D eigenvalue weighted by molar-refractivity contribution is -0.221. The van der Waals surface area contributed by atoms with Gasteiger partial charge in [0.1, 0.15) is 0 Å². The summed E-state index contributed by atoms with van der Waals surface area (Å²) in [4.78, 5) is 2.57. The van der Waals surface area contributed by atoms with Crippen LogP contribution in [0.5, 0.6) is 0 Å². The predicted molar refractivity (Wildman–Crippen MR) is 63.9 cm³/mol. The lowest BCUT2D eigenvalue weighted by Crippen LogP contribution is -2.58. The van der Waals surface area contributed by atoms with Crippen molar-refractivity contribution in [3.63, 3.8) is 0 Å². The molecule has 0 amide bonds. The van der Waals surface area contributed by atoms with Crippen LogP contribution in [0.3, 0.4) is 0 Å². The first-order chi connectivity index (χ1) is 8.33. The van der Waals surface area contributed by atoms with Crippen molar-refractivity contribution < 1.29 is 14.2 Å². The van der Waals surface area contributed by atoms with Crippen LogP contribution >= 0.6 is 0 Å². The van der Waals surface area contributed by atoms with Crippen molar-refractivity contribution in [2.75, 3.05) is 32.9 Å². The number of hydrogen-bond donors (Lipinski definition) is 0. The molecule has 0 aromatic rings. The van der Waals surface area contributed by atoms with Crippen molar-refractivity contribution in [2.24, 2.45) is 0 Å². The third-order valence-corrected chi connectivity index (χ3v) is 4.26. The summed E-state index contributed by atoms with van der Waals surface area (Å²) in [5.74, 6) is -0.284. The standard InChI is InChI=1S/C13H23NO3/c1-2-5-14-6-7-15-12-3-4-13(10-11(12)14)16-8-9-17-13/h11-12H,2-10H2,1H3/t11-,12-/m0/s1. The molecule has 0 N–H and O–H groups in total. The van der Waals surface area contributed by atoms with Crippen LogP contribution in [0.25, 0.3) is 0 Å². The van der Waals surface area contributed by atoms with Crippen molar-refractivity contribution in [2.45, 2.75) is 50.5 Å². The summed E-state index contributed by atoms with van der Waals surface area (Å²) in [7, 11) is 0. The fraction of sp³-hybridized carbons (Fsp3) is 1.00. The molecule has 4 nitrogen and oxygen atoms in total. The second-order valence-corrected chi connectivity index (χ2v) is 5.36. The van der Waals surface area contributed by atoms with Gasteiger partial charge in [-0.3, -0.25) is 4.90 Å². The molecular formula is C13H23NO3. The Kier molecular flexibility index (Phi) is 3.39. The molecule has 4 heteroatoms. The zero-order chi connectivity index (χ0) is 11.7. The average Bonchev–Trinajstić information content (AvgIpc) is 2.79. The molecule has 0 unspecified atom stereocenters. The van der Waals surface area contributed by atoms with Gasteiger partial charge < -0.3 is 14.2 Å². The maximum Gasteiger partial charge on any atom is 0.170 e. The quantitative estimate of drug-likeness (QED) is 0.731. The zero-order valence-electron chi connectivity index (χ0n) is 10.7. The van der Waals surface area contributed by atoms with Crippen LogP contribution in [0.1, 0.15) is 32.6 Å². The molecule has 2 heterocycles. The highest BCUT2D eigenvalue weighted by Gasteiger charge is 2.48. The minimum absolute atomic E-state index is 0.284. The van der Waals surface area contributed by atoms with Gasteiger partial charge in [-0.1, -0.05) is 6.92 Å². The highest BCUT2D eigenvalue weighted by atomic mass is 16.7. The molecule has 0 aromatic carbocycles. The van der Waals surface area contributed by atoms with E-state index in [1.807, 2.05) is 0 Å². The number of ether oxygens (including phenoxy) is 3. The first-order valence-corrected chi connectivity index (χ1v) is 6.96. The van der Waals surface area contributed by atoms with E-state index in [1.165, 1.54) is 13.0 Å². The molecule has 3 fully saturated rings. The van der Waals surface area contributed by atoms with Gasteiger partial charge in [0.05, 0.1) is 25.9 Å². The first-order valence-electron chi connectivity index (χ1n) is 6.96. The summed E-state index contributed by atoms with van der Waals surface area (Å²) in [6.45, 7) is 6.87. The van der Waals surface area contributed by atoms with E-state index in [0.29, 0.717) is 12.1 Å². The van der Waals surface area contributed by atoms with Crippen molar-refractivity contribution in [3.8, 4) is 0 Å². The molecule has 98 valence electrons. The predicted octanol–water partition coefficient (Wildman–Crippen LogP) is 1.39. The van der Waals surface area contributed by atoms with Crippen LogP contribution in [0.2, 0.25) is 0 Å². The van der Waals surface area contributed by atoms with Gasteiger partial charge in [-0.2, -0.15) is 0 Å². The molecule has 3 aliphatic rings. The second kappa shape index (κ2) is 4.84. The maximum atomic E-state index is 5.91. The third kappa shape index (κ3) is 2.24. The number of fused-ring (bicyclic) bond motifs is 1. The molecule has 0 radical (unpaired) electrons. The van der Waals surface area contributed by atoms with Crippen molar-refractivity contribution in [1.82, 2.24) is 4.90 Å². The Hall–Kier alpha value is -0.160. The van der Waals surface area contributed by atoms with Gasteiger partial charge in [-0.15, -0.1) is 0 Å². The highest BCUT2D eigenvalue weighted by molar-refractivity contribution is 4.95. The van der Waals surface area contributed by atoms with Crippen LogP contribution < -0.4 is 0 Å². The fourth-order valence-electron chi connectivity index (χ4n) is 3.48. The number of rotatable bonds is 2. The molecule has 1 spiro atoms. The topological polar surface area (TPSA) is 30.9 Å². The smallest absolute Gasteiger partial charge is 0.170 e. The number of nitrogens with zero attached hydrogens (tertiary/aromatic N) is 1. The van der Waals surface area contributed by atoms with E-state index in [1.54, 1.807) is 0 Å². The van der Waals surface area contributed by atoms with E-state index in [9.17, 15) is 0 Å². The van der Waals surface area contributed by atoms with Crippen molar-refractivity contribution >= 4 is 0 Å². The van der Waals surface area contributed by atoms with E-state index in [0.717, 1.165) is 45.6 Å². The summed E-state index contributed by atoms with van der Waals surface area (Å²) < 4.78 is 17.6. The van der Waals surface area contributed by atoms with E-state index in [-0.39, 0.29) is 5.79 Å². The molecule has 3 rings (SSSR count). The first kappa shape index (κ1) is 11.9. The minimum atomic E-state index is -0.284. The van der Waals surface area contributed by atoms with Gasteiger partial charge in [0.15, 0.2) is 5.79 Å². The summed E-state index contributed by atoms with van der Waals surface area (Å²) >= 11 is 0. The van der Waals surface area contributed by atoms with Crippen LogP contribution in [-0.4, -0.2) is 55.7 Å². The Bertz CT molecular complexity index is 263.